The fourth-order valence-corrected chi connectivity index (χ4v) is 4.09. The Bertz CT molecular complexity index is 253. The van der Waals surface area contributed by atoms with Crippen molar-refractivity contribution in [3.63, 3.8) is 0 Å². The van der Waals surface area contributed by atoms with Crippen LogP contribution in [0.1, 0.15) is 38.5 Å². The van der Waals surface area contributed by atoms with Crippen molar-refractivity contribution in [1.29, 1.82) is 0 Å². The molecule has 0 aromatic heterocycles. The van der Waals surface area contributed by atoms with Crippen LogP contribution in [-0.4, -0.2) is 43.3 Å². The topological polar surface area (TPSA) is 38.5 Å². The molecule has 3 nitrogen and oxygen atoms in total. The molecule has 2 aliphatic heterocycles. The van der Waals surface area contributed by atoms with Gasteiger partial charge in [-0.15, -0.1) is 0 Å². The van der Waals surface area contributed by atoms with Gasteiger partial charge in [-0.1, -0.05) is 6.42 Å². The Hall–Kier alpha value is -0.120. The molecule has 4 atom stereocenters. The average Bonchev–Trinajstić information content (AvgIpc) is 3.00. The summed E-state index contributed by atoms with van der Waals surface area (Å²) in [5, 5.41) is 0. The van der Waals surface area contributed by atoms with Crippen molar-refractivity contribution in [2.24, 2.45) is 17.6 Å². The van der Waals surface area contributed by atoms with E-state index in [1.807, 2.05) is 0 Å². The summed E-state index contributed by atoms with van der Waals surface area (Å²) in [6.07, 6.45) is 8.33. The summed E-state index contributed by atoms with van der Waals surface area (Å²) in [4.78, 5) is 2.70. The van der Waals surface area contributed by atoms with E-state index in [-0.39, 0.29) is 0 Å². The van der Waals surface area contributed by atoms with E-state index in [1.165, 1.54) is 45.1 Å². The smallest absolute Gasteiger partial charge is 0.0510 e. The Labute approximate surface area is 105 Å². The lowest BCUT2D eigenvalue weighted by Crippen LogP contribution is -2.50. The summed E-state index contributed by atoms with van der Waals surface area (Å²) in [7, 11) is 0. The van der Waals surface area contributed by atoms with Crippen molar-refractivity contribution in [1.82, 2.24) is 4.90 Å². The molecule has 0 aromatic rings. The van der Waals surface area contributed by atoms with Crippen LogP contribution in [0.4, 0.5) is 0 Å². The maximum absolute atomic E-state index is 6.37. The van der Waals surface area contributed by atoms with Gasteiger partial charge in [0.2, 0.25) is 0 Å². The molecule has 1 saturated carbocycles. The first-order valence-electron chi connectivity index (χ1n) is 7.42. The summed E-state index contributed by atoms with van der Waals surface area (Å²) in [6.45, 7) is 4.20. The van der Waals surface area contributed by atoms with E-state index in [9.17, 15) is 0 Å². The maximum atomic E-state index is 6.37. The first-order chi connectivity index (χ1) is 8.34. The van der Waals surface area contributed by atoms with Crippen LogP contribution in [0.2, 0.25) is 0 Å². The number of piperidine rings is 1. The number of hydrogen-bond acceptors (Lipinski definition) is 3. The normalized spacial score (nSPS) is 40.4. The van der Waals surface area contributed by atoms with Crippen molar-refractivity contribution in [3.05, 3.63) is 0 Å². The Balaban J connectivity index is 1.56. The van der Waals surface area contributed by atoms with Gasteiger partial charge in [0, 0.05) is 31.2 Å². The molecule has 0 aromatic carbocycles. The zero-order valence-corrected chi connectivity index (χ0v) is 10.8. The van der Waals surface area contributed by atoms with Gasteiger partial charge in [-0.25, -0.2) is 0 Å². The molecule has 3 rings (SSSR count). The second-order valence-electron chi connectivity index (χ2n) is 6.18. The predicted molar refractivity (Wildman–Crippen MR) is 68.8 cm³/mol. The zero-order chi connectivity index (χ0) is 11.7. The summed E-state index contributed by atoms with van der Waals surface area (Å²) in [6, 6.07) is 1.19. The molecular formula is C14H26N2O. The number of ether oxygens (including phenoxy) is 1. The van der Waals surface area contributed by atoms with Crippen LogP contribution in [-0.2, 0) is 4.74 Å². The van der Waals surface area contributed by atoms with Crippen molar-refractivity contribution in [2.45, 2.75) is 50.6 Å². The number of nitrogens with two attached hydrogens (primary N) is 1. The first kappa shape index (κ1) is 11.9. The molecule has 2 heterocycles. The first-order valence-corrected chi connectivity index (χ1v) is 7.42. The highest BCUT2D eigenvalue weighted by Gasteiger charge is 2.36. The molecule has 1 aliphatic carbocycles. The lowest BCUT2D eigenvalue weighted by atomic mass is 9.90. The molecular weight excluding hydrogens is 212 g/mol. The lowest BCUT2D eigenvalue weighted by molar-refractivity contribution is 0.0948. The summed E-state index contributed by atoms with van der Waals surface area (Å²) >= 11 is 0. The van der Waals surface area contributed by atoms with Crippen LogP contribution < -0.4 is 5.73 Å². The largest absolute Gasteiger partial charge is 0.381 e. The summed E-state index contributed by atoms with van der Waals surface area (Å²) in [5.74, 6) is 1.59. The van der Waals surface area contributed by atoms with Crippen LogP contribution in [0.3, 0.4) is 0 Å². The fraction of sp³-hybridized carbons (Fsp3) is 1.00. The Morgan fingerprint density at radius 1 is 1.18 bits per heavy atom. The highest BCUT2D eigenvalue weighted by Crippen LogP contribution is 2.36. The molecule has 4 unspecified atom stereocenters. The highest BCUT2D eigenvalue weighted by atomic mass is 16.5. The molecule has 3 heteroatoms. The van der Waals surface area contributed by atoms with E-state index in [0.717, 1.165) is 31.7 Å². The molecule has 3 fully saturated rings. The lowest BCUT2D eigenvalue weighted by Gasteiger charge is -2.39. The fourth-order valence-electron chi connectivity index (χ4n) is 4.09. The molecule has 98 valence electrons. The third-order valence-corrected chi connectivity index (χ3v) is 5.12. The van der Waals surface area contributed by atoms with Gasteiger partial charge in [0.1, 0.15) is 0 Å². The van der Waals surface area contributed by atoms with Crippen LogP contribution in [0, 0.1) is 11.8 Å². The SMILES string of the molecule is NC(CN1CCCC2CCCC21)C1CCOC1. The minimum atomic E-state index is 0.330. The monoisotopic (exact) mass is 238 g/mol. The third-order valence-electron chi connectivity index (χ3n) is 5.12. The van der Waals surface area contributed by atoms with Gasteiger partial charge in [-0.3, -0.25) is 4.90 Å². The van der Waals surface area contributed by atoms with Gasteiger partial charge in [0.15, 0.2) is 0 Å². The number of rotatable bonds is 3. The van der Waals surface area contributed by atoms with Gasteiger partial charge < -0.3 is 10.5 Å². The number of fused-ring (bicyclic) bond motifs is 1. The van der Waals surface area contributed by atoms with E-state index in [4.69, 9.17) is 10.5 Å². The van der Waals surface area contributed by atoms with Crippen molar-refractivity contribution in [3.8, 4) is 0 Å². The second kappa shape index (κ2) is 5.25. The van der Waals surface area contributed by atoms with Crippen LogP contribution in [0.15, 0.2) is 0 Å². The van der Waals surface area contributed by atoms with Crippen molar-refractivity contribution in [2.75, 3.05) is 26.3 Å². The van der Waals surface area contributed by atoms with Crippen molar-refractivity contribution < 1.29 is 4.74 Å². The molecule has 0 spiro atoms. The third kappa shape index (κ3) is 2.51. The molecule has 2 N–H and O–H groups in total. The summed E-state index contributed by atoms with van der Waals surface area (Å²) < 4.78 is 5.46. The van der Waals surface area contributed by atoms with Gasteiger partial charge in [0.25, 0.3) is 0 Å². The Morgan fingerprint density at radius 3 is 2.88 bits per heavy atom. The molecule has 0 bridgehead atoms. The summed E-state index contributed by atoms with van der Waals surface area (Å²) in [5.41, 5.74) is 6.37. The number of likely N-dealkylation sites (tertiary alicyclic amines) is 1. The molecule has 0 amide bonds. The van der Waals surface area contributed by atoms with Gasteiger partial charge in [0.05, 0.1) is 6.61 Å². The van der Waals surface area contributed by atoms with Crippen LogP contribution >= 0.6 is 0 Å². The van der Waals surface area contributed by atoms with E-state index in [1.54, 1.807) is 0 Å². The molecule has 3 aliphatic rings. The molecule has 17 heavy (non-hydrogen) atoms. The number of hydrogen-bond donors (Lipinski definition) is 1. The van der Waals surface area contributed by atoms with E-state index in [2.05, 4.69) is 4.90 Å². The minimum Gasteiger partial charge on any atom is -0.381 e. The van der Waals surface area contributed by atoms with Gasteiger partial charge in [-0.2, -0.15) is 0 Å². The Morgan fingerprint density at radius 2 is 2.06 bits per heavy atom. The van der Waals surface area contributed by atoms with Crippen molar-refractivity contribution >= 4 is 0 Å². The molecule has 2 saturated heterocycles. The van der Waals surface area contributed by atoms with E-state index in [0.29, 0.717) is 12.0 Å². The Kier molecular flexibility index (Phi) is 3.69. The van der Waals surface area contributed by atoms with E-state index < -0.39 is 0 Å². The van der Waals surface area contributed by atoms with E-state index >= 15 is 0 Å². The zero-order valence-electron chi connectivity index (χ0n) is 10.8. The minimum absolute atomic E-state index is 0.330. The standard InChI is InChI=1S/C14H26N2O/c15-13(12-6-8-17-10-12)9-16-7-2-4-11-3-1-5-14(11)16/h11-14H,1-10,15H2. The second-order valence-corrected chi connectivity index (χ2v) is 6.18. The average molecular weight is 238 g/mol. The van der Waals surface area contributed by atoms with Crippen LogP contribution in [0.5, 0.6) is 0 Å². The van der Waals surface area contributed by atoms with Gasteiger partial charge >= 0.3 is 0 Å². The molecule has 0 radical (unpaired) electrons. The predicted octanol–water partition coefficient (Wildman–Crippen LogP) is 1.61. The van der Waals surface area contributed by atoms with Gasteiger partial charge in [-0.05, 0) is 44.6 Å². The maximum Gasteiger partial charge on any atom is 0.0510 e. The number of nitrogens with zero attached hydrogens (tertiary/aromatic N) is 1. The highest BCUT2D eigenvalue weighted by molar-refractivity contribution is 4.91. The van der Waals surface area contributed by atoms with Crippen LogP contribution in [0.25, 0.3) is 0 Å². The quantitative estimate of drug-likeness (QED) is 0.812.